The topological polar surface area (TPSA) is 92.8 Å². The van der Waals surface area contributed by atoms with Gasteiger partial charge in [-0.25, -0.2) is 9.98 Å². The summed E-state index contributed by atoms with van der Waals surface area (Å²) in [5, 5.41) is 2.49. The van der Waals surface area contributed by atoms with E-state index in [0.29, 0.717) is 30.0 Å². The van der Waals surface area contributed by atoms with E-state index in [2.05, 4.69) is 82.2 Å². The minimum absolute atomic E-state index is 0.00379. The second-order valence-corrected chi connectivity index (χ2v) is 15.0. The Kier molecular flexibility index (Phi) is 13.9. The Hall–Kier alpha value is -4.08. The highest BCUT2D eigenvalue weighted by molar-refractivity contribution is 6.07. The lowest BCUT2D eigenvalue weighted by Crippen LogP contribution is -2.34. The number of pyridine rings is 1. The van der Waals surface area contributed by atoms with Gasteiger partial charge in [0.1, 0.15) is 17.4 Å². The summed E-state index contributed by atoms with van der Waals surface area (Å²) in [7, 11) is 0. The fraction of sp³-hybridized carbons (Fsp3) is 0.525. The van der Waals surface area contributed by atoms with Gasteiger partial charge < -0.3 is 20.7 Å². The van der Waals surface area contributed by atoms with Crippen molar-refractivity contribution in [2.45, 2.75) is 101 Å². The number of carbonyl (C=O) groups is 1. The summed E-state index contributed by atoms with van der Waals surface area (Å²) in [6, 6.07) is 6.70. The van der Waals surface area contributed by atoms with E-state index in [1.165, 1.54) is 0 Å². The molecule has 1 aliphatic rings. The number of carbonyl (C=O) groups excluding carboxylic acids is 1. The van der Waals surface area contributed by atoms with Crippen LogP contribution in [0, 0.1) is 29.1 Å². The van der Waals surface area contributed by atoms with Crippen LogP contribution in [0.1, 0.15) is 116 Å². The molecule has 0 saturated carbocycles. The molecule has 0 radical (unpaired) electrons. The number of ether oxygens (including phenoxy) is 1. The van der Waals surface area contributed by atoms with E-state index in [0.717, 1.165) is 73.0 Å². The molecule has 2 heterocycles. The number of allylic oxidation sites excluding steroid dienone is 2. The van der Waals surface area contributed by atoms with Crippen LogP contribution < -0.4 is 15.8 Å². The van der Waals surface area contributed by atoms with Gasteiger partial charge in [-0.2, -0.15) is 13.2 Å². The van der Waals surface area contributed by atoms with Gasteiger partial charge in [0.2, 0.25) is 0 Å². The van der Waals surface area contributed by atoms with Gasteiger partial charge in [0.15, 0.2) is 0 Å². The number of nitrogens with one attached hydrogen (secondary N) is 1. The number of amides is 1. The molecule has 3 unspecified atom stereocenters. The van der Waals surface area contributed by atoms with Gasteiger partial charge in [0, 0.05) is 35.4 Å². The SMILES string of the molecule is C=C(C(CCC(C)CC(C)(C)C)CC(C)C)N1C=CN=C(N)/C1=C(\c1ccc(C(=O)Nc2cc(C(F)(F)F)ccn2)cc1OCC)C(C)CC. The summed E-state index contributed by atoms with van der Waals surface area (Å²) in [5.41, 5.74) is 9.62. The first-order chi connectivity index (χ1) is 23.4. The number of nitrogens with two attached hydrogens (primary N) is 1. The third-order valence-electron chi connectivity index (χ3n) is 8.94. The largest absolute Gasteiger partial charge is 0.493 e. The highest BCUT2D eigenvalue weighted by Gasteiger charge is 2.32. The van der Waals surface area contributed by atoms with Crippen LogP contribution in [0.15, 0.2) is 71.9 Å². The molecule has 7 nitrogen and oxygen atoms in total. The van der Waals surface area contributed by atoms with Crippen molar-refractivity contribution in [3.63, 3.8) is 0 Å². The maximum Gasteiger partial charge on any atom is 0.416 e. The molecular weight excluding hydrogens is 639 g/mol. The molecule has 0 fully saturated rings. The summed E-state index contributed by atoms with van der Waals surface area (Å²) in [6.07, 6.45) is 5.05. The molecule has 50 heavy (non-hydrogen) atoms. The van der Waals surface area contributed by atoms with Gasteiger partial charge in [0.25, 0.3) is 5.91 Å². The first-order valence-electron chi connectivity index (χ1n) is 17.7. The van der Waals surface area contributed by atoms with E-state index < -0.39 is 17.6 Å². The average molecular weight is 696 g/mol. The van der Waals surface area contributed by atoms with Crippen LogP contribution >= 0.6 is 0 Å². The van der Waals surface area contributed by atoms with Crippen LogP contribution in [0.5, 0.6) is 5.75 Å². The van der Waals surface area contributed by atoms with Gasteiger partial charge >= 0.3 is 6.18 Å². The van der Waals surface area contributed by atoms with Crippen LogP contribution in [-0.2, 0) is 6.18 Å². The minimum atomic E-state index is -4.57. The first kappa shape index (κ1) is 40.4. The lowest BCUT2D eigenvalue weighted by Gasteiger charge is -2.36. The van der Waals surface area contributed by atoms with Crippen molar-refractivity contribution < 1.29 is 22.7 Å². The molecule has 1 aromatic heterocycles. The molecule has 0 spiro atoms. The van der Waals surface area contributed by atoms with Crippen LogP contribution in [0.3, 0.4) is 0 Å². The van der Waals surface area contributed by atoms with Crippen molar-refractivity contribution in [3.8, 4) is 5.75 Å². The molecule has 1 aliphatic heterocycles. The van der Waals surface area contributed by atoms with E-state index in [1.54, 1.807) is 24.4 Å². The molecule has 0 bridgehead atoms. The Bertz CT molecular complexity index is 1590. The maximum atomic E-state index is 13.3. The number of benzene rings is 1. The second kappa shape index (κ2) is 17.2. The van der Waals surface area contributed by atoms with E-state index in [4.69, 9.17) is 10.5 Å². The quantitative estimate of drug-likeness (QED) is 0.193. The number of aliphatic imine (C=N–C) groups is 1. The second-order valence-electron chi connectivity index (χ2n) is 15.0. The Morgan fingerprint density at radius 3 is 2.36 bits per heavy atom. The van der Waals surface area contributed by atoms with Crippen LogP contribution in [0.4, 0.5) is 19.0 Å². The summed E-state index contributed by atoms with van der Waals surface area (Å²) in [4.78, 5) is 23.8. The zero-order valence-corrected chi connectivity index (χ0v) is 31.2. The number of nitrogens with zero attached hydrogens (tertiary/aromatic N) is 3. The van der Waals surface area contributed by atoms with E-state index in [9.17, 15) is 18.0 Å². The smallest absolute Gasteiger partial charge is 0.416 e. The predicted molar refractivity (Wildman–Crippen MR) is 198 cm³/mol. The van der Waals surface area contributed by atoms with Gasteiger partial charge in [-0.1, -0.05) is 74.5 Å². The Balaban J connectivity index is 2.08. The number of anilines is 1. The summed E-state index contributed by atoms with van der Waals surface area (Å²) in [5.74, 6) is 1.23. The molecule has 3 atom stereocenters. The molecule has 0 saturated heterocycles. The van der Waals surface area contributed by atoms with Crippen molar-refractivity contribution in [1.82, 2.24) is 9.88 Å². The van der Waals surface area contributed by atoms with Gasteiger partial charge in [-0.05, 0) is 91.5 Å². The zero-order chi connectivity index (χ0) is 37.4. The van der Waals surface area contributed by atoms with E-state index >= 15 is 0 Å². The summed E-state index contributed by atoms with van der Waals surface area (Å²) in [6.45, 7) is 24.7. The van der Waals surface area contributed by atoms with Crippen molar-refractivity contribution in [2.75, 3.05) is 11.9 Å². The maximum absolute atomic E-state index is 13.3. The molecule has 3 rings (SSSR count). The van der Waals surface area contributed by atoms with Crippen molar-refractivity contribution in [3.05, 3.63) is 83.6 Å². The number of hydrogen-bond donors (Lipinski definition) is 2. The standard InChI is InChI=1S/C40H56F3N5O2/c1-11-27(6)35(32-16-15-30(22-33(32)50-12-2)38(49)47-34-23-31(17-18-45-34)40(41,42)43)36-37(44)46-19-20-48(36)28(7)29(21-25(3)4)14-13-26(5)24-39(8,9)10/h15-20,22-23,25-27,29H,7,11-14,21,24H2,1-6,8-10H3,(H2,44,46)(H,45,47,49)/b36-35+. The Morgan fingerprint density at radius 2 is 1.76 bits per heavy atom. The molecule has 1 amide bonds. The molecule has 10 heteroatoms. The molecule has 3 N–H and O–H groups in total. The molecular formula is C40H56F3N5O2. The van der Waals surface area contributed by atoms with Crippen molar-refractivity contribution in [1.29, 1.82) is 0 Å². The normalized spacial score (nSPS) is 16.5. The first-order valence-corrected chi connectivity index (χ1v) is 17.7. The van der Waals surface area contributed by atoms with Gasteiger partial charge in [0.05, 0.1) is 17.9 Å². The lowest BCUT2D eigenvalue weighted by molar-refractivity contribution is -0.137. The van der Waals surface area contributed by atoms with E-state index in [1.807, 2.05) is 13.1 Å². The highest BCUT2D eigenvalue weighted by Crippen LogP contribution is 2.41. The third kappa shape index (κ3) is 11.0. The number of alkyl halides is 3. The van der Waals surface area contributed by atoms with Crippen LogP contribution in [-0.4, -0.2) is 28.2 Å². The number of hydrogen-bond acceptors (Lipinski definition) is 6. The number of halogens is 3. The van der Waals surface area contributed by atoms with Gasteiger partial charge in [-0.15, -0.1) is 0 Å². The number of amidine groups is 1. The summed E-state index contributed by atoms with van der Waals surface area (Å²) >= 11 is 0. The molecule has 2 aromatic rings. The average Bonchev–Trinajstić information content (AvgIpc) is 3.02. The fourth-order valence-corrected chi connectivity index (χ4v) is 6.62. The number of aromatic nitrogens is 1. The molecule has 1 aromatic carbocycles. The fourth-order valence-electron chi connectivity index (χ4n) is 6.62. The van der Waals surface area contributed by atoms with E-state index in [-0.39, 0.29) is 28.6 Å². The molecule has 274 valence electrons. The lowest BCUT2D eigenvalue weighted by atomic mass is 9.80. The van der Waals surface area contributed by atoms with Gasteiger partial charge in [-0.3, -0.25) is 4.79 Å². The number of rotatable bonds is 15. The Morgan fingerprint density at radius 1 is 1.06 bits per heavy atom. The van der Waals surface area contributed by atoms with Crippen LogP contribution in [0.25, 0.3) is 5.57 Å². The highest BCUT2D eigenvalue weighted by atomic mass is 19.4. The molecule has 0 aliphatic carbocycles. The minimum Gasteiger partial charge on any atom is -0.493 e. The van der Waals surface area contributed by atoms with Crippen molar-refractivity contribution in [2.24, 2.45) is 39.8 Å². The predicted octanol–water partition coefficient (Wildman–Crippen LogP) is 10.7. The van der Waals surface area contributed by atoms with Crippen LogP contribution in [0.2, 0.25) is 0 Å². The summed E-state index contributed by atoms with van der Waals surface area (Å²) < 4.78 is 45.9. The zero-order valence-electron chi connectivity index (χ0n) is 31.2. The third-order valence-corrected chi connectivity index (χ3v) is 8.94. The van der Waals surface area contributed by atoms with Crippen molar-refractivity contribution >= 4 is 23.1 Å². The Labute approximate surface area is 297 Å². The monoisotopic (exact) mass is 695 g/mol.